The lowest BCUT2D eigenvalue weighted by Gasteiger charge is -2.35. The van der Waals surface area contributed by atoms with Gasteiger partial charge in [0.1, 0.15) is 11.5 Å². The number of anilines is 1. The average molecular weight is 393 g/mol. The minimum absolute atomic E-state index is 0.0803. The number of unbranched alkanes of at least 4 members (excludes halogenated alkanes) is 1. The number of hydrogen-bond donors (Lipinski definition) is 0. The van der Waals surface area contributed by atoms with Crippen molar-refractivity contribution >= 4 is 5.69 Å². The van der Waals surface area contributed by atoms with E-state index in [9.17, 15) is 0 Å². The summed E-state index contributed by atoms with van der Waals surface area (Å²) in [6.07, 6.45) is 7.81. The van der Waals surface area contributed by atoms with Crippen molar-refractivity contribution in [2.75, 3.05) is 11.4 Å². The molecule has 0 amide bonds. The Morgan fingerprint density at radius 3 is 2.72 bits per heavy atom. The molecule has 4 rings (SSSR count). The van der Waals surface area contributed by atoms with Crippen LogP contribution in [0.5, 0.6) is 0 Å². The molecule has 0 unspecified atom stereocenters. The fraction of sp³-hybridized carbons (Fsp3) is 0.577. The Morgan fingerprint density at radius 1 is 1.24 bits per heavy atom. The van der Waals surface area contributed by atoms with E-state index < -0.39 is 0 Å². The van der Waals surface area contributed by atoms with Gasteiger partial charge in [0.25, 0.3) is 0 Å². The topological polar surface area (TPSA) is 29.3 Å². The quantitative estimate of drug-likeness (QED) is 0.560. The molecule has 0 N–H and O–H groups in total. The van der Waals surface area contributed by atoms with Gasteiger partial charge >= 0.3 is 0 Å². The Labute approximate surface area is 176 Å². The van der Waals surface area contributed by atoms with Crippen LogP contribution in [0, 0.1) is 11.8 Å². The normalized spacial score (nSPS) is 16.4. The van der Waals surface area contributed by atoms with Crippen molar-refractivity contribution in [2.24, 2.45) is 0 Å². The second-order valence-corrected chi connectivity index (χ2v) is 8.31. The summed E-state index contributed by atoms with van der Waals surface area (Å²) < 4.78 is 5.55. The van der Waals surface area contributed by atoms with E-state index in [2.05, 4.69) is 66.9 Å². The van der Waals surface area contributed by atoms with Gasteiger partial charge in [-0.25, -0.2) is 0 Å². The highest BCUT2D eigenvalue weighted by molar-refractivity contribution is 5.63. The molecule has 0 saturated heterocycles. The van der Waals surface area contributed by atoms with E-state index in [1.807, 2.05) is 13.8 Å². The molecular weight excluding hydrogens is 356 g/mol. The summed E-state index contributed by atoms with van der Waals surface area (Å²) in [4.78, 5) is 2.51. The van der Waals surface area contributed by atoms with E-state index in [1.54, 1.807) is 0 Å². The Bertz CT molecular complexity index is 864. The molecule has 29 heavy (non-hydrogen) atoms. The molecule has 3 nitrogen and oxygen atoms in total. The summed E-state index contributed by atoms with van der Waals surface area (Å²) >= 11 is 0. The predicted octanol–water partition coefficient (Wildman–Crippen LogP) is 6.29. The molecule has 1 aliphatic carbocycles. The maximum atomic E-state index is 5.55. The standard InChI is InChI=1S/C24H30N2O.C2H6/c1-4-5-9-20-17-23(25-27-20)24(14-15-24)13-12-19-8-6-11-22-21(19)10-7-16-26(22)18(2)3;1-2/h6,8,11,17-18H,4-5,7,9-10,14-16H2,1-3H3;1-2H3. The van der Waals surface area contributed by atoms with Gasteiger partial charge in [-0.2, -0.15) is 0 Å². The number of fused-ring (bicyclic) bond motifs is 1. The summed E-state index contributed by atoms with van der Waals surface area (Å²) in [6.45, 7) is 11.9. The van der Waals surface area contributed by atoms with Crippen LogP contribution in [-0.4, -0.2) is 17.7 Å². The number of aryl methyl sites for hydroxylation is 1. The van der Waals surface area contributed by atoms with Crippen molar-refractivity contribution in [2.45, 2.75) is 91.0 Å². The Balaban J connectivity index is 0.00000117. The van der Waals surface area contributed by atoms with Gasteiger partial charge in [0.15, 0.2) is 0 Å². The first-order chi connectivity index (χ1) is 14.1. The Kier molecular flexibility index (Phi) is 7.06. The van der Waals surface area contributed by atoms with E-state index in [4.69, 9.17) is 4.52 Å². The van der Waals surface area contributed by atoms with E-state index in [0.717, 1.165) is 50.1 Å². The minimum atomic E-state index is -0.0803. The van der Waals surface area contributed by atoms with Crippen LogP contribution >= 0.6 is 0 Å². The van der Waals surface area contributed by atoms with Gasteiger partial charge in [0, 0.05) is 36.3 Å². The molecule has 2 heterocycles. The van der Waals surface area contributed by atoms with E-state index in [1.165, 1.54) is 29.7 Å². The second-order valence-electron chi connectivity index (χ2n) is 8.31. The minimum Gasteiger partial charge on any atom is -0.369 e. The number of rotatable bonds is 5. The fourth-order valence-electron chi connectivity index (χ4n) is 4.07. The molecule has 3 heteroatoms. The highest BCUT2D eigenvalue weighted by Gasteiger charge is 2.45. The summed E-state index contributed by atoms with van der Waals surface area (Å²) in [5, 5.41) is 4.35. The Hall–Kier alpha value is -2.21. The summed E-state index contributed by atoms with van der Waals surface area (Å²) in [5.41, 5.74) is 4.94. The maximum Gasteiger partial charge on any atom is 0.137 e. The zero-order valence-electron chi connectivity index (χ0n) is 18.8. The lowest BCUT2D eigenvalue weighted by atomic mass is 9.94. The van der Waals surface area contributed by atoms with Gasteiger partial charge in [0.05, 0.1) is 5.41 Å². The van der Waals surface area contributed by atoms with Gasteiger partial charge in [-0.05, 0) is 63.6 Å². The maximum absolute atomic E-state index is 5.55. The zero-order chi connectivity index (χ0) is 20.9. The van der Waals surface area contributed by atoms with Crippen LogP contribution in [0.25, 0.3) is 0 Å². The number of aromatic nitrogens is 1. The highest BCUT2D eigenvalue weighted by atomic mass is 16.5. The fourth-order valence-corrected chi connectivity index (χ4v) is 4.07. The molecule has 1 aromatic carbocycles. The van der Waals surface area contributed by atoms with Gasteiger partial charge < -0.3 is 9.42 Å². The van der Waals surface area contributed by atoms with Crippen molar-refractivity contribution in [3.63, 3.8) is 0 Å². The van der Waals surface area contributed by atoms with Crippen molar-refractivity contribution in [1.29, 1.82) is 0 Å². The van der Waals surface area contributed by atoms with Crippen LogP contribution < -0.4 is 4.90 Å². The van der Waals surface area contributed by atoms with Gasteiger partial charge in [-0.3, -0.25) is 0 Å². The van der Waals surface area contributed by atoms with Crippen molar-refractivity contribution in [1.82, 2.24) is 5.16 Å². The SMILES string of the molecule is CC.CCCCc1cc(C2(C#Cc3cccc4c3CCCN4C(C)C)CC2)no1. The molecule has 0 bridgehead atoms. The Morgan fingerprint density at radius 2 is 2.03 bits per heavy atom. The summed E-state index contributed by atoms with van der Waals surface area (Å²) in [6, 6.07) is 9.25. The molecule has 0 spiro atoms. The molecule has 0 atom stereocenters. The molecule has 1 aromatic heterocycles. The van der Waals surface area contributed by atoms with Crippen LogP contribution in [0.1, 0.15) is 89.3 Å². The number of hydrogen-bond acceptors (Lipinski definition) is 3. The smallest absolute Gasteiger partial charge is 0.137 e. The average Bonchev–Trinajstić information content (AvgIpc) is 3.39. The van der Waals surface area contributed by atoms with Crippen molar-refractivity contribution < 1.29 is 4.52 Å². The summed E-state index contributed by atoms with van der Waals surface area (Å²) in [5.74, 6) is 8.11. The number of benzene rings is 1. The molecular formula is C26H36N2O. The first-order valence-electron chi connectivity index (χ1n) is 11.5. The van der Waals surface area contributed by atoms with Gasteiger partial charge in [0.2, 0.25) is 0 Å². The zero-order valence-corrected chi connectivity index (χ0v) is 18.8. The van der Waals surface area contributed by atoms with Crippen LogP contribution in [0.4, 0.5) is 5.69 Å². The lowest BCUT2D eigenvalue weighted by Crippen LogP contribution is -2.35. The van der Waals surface area contributed by atoms with Gasteiger partial charge in [-0.1, -0.05) is 50.3 Å². The molecule has 2 aromatic rings. The summed E-state index contributed by atoms with van der Waals surface area (Å²) in [7, 11) is 0. The largest absolute Gasteiger partial charge is 0.369 e. The molecule has 156 valence electrons. The number of nitrogens with zero attached hydrogens (tertiary/aromatic N) is 2. The third kappa shape index (κ3) is 4.69. The van der Waals surface area contributed by atoms with Crippen LogP contribution in [-0.2, 0) is 18.3 Å². The lowest BCUT2D eigenvalue weighted by molar-refractivity contribution is 0.372. The van der Waals surface area contributed by atoms with Gasteiger partial charge in [-0.15, -0.1) is 0 Å². The second kappa shape index (κ2) is 9.53. The third-order valence-electron chi connectivity index (χ3n) is 5.92. The molecule has 0 radical (unpaired) electrons. The first-order valence-corrected chi connectivity index (χ1v) is 11.5. The monoisotopic (exact) mass is 392 g/mol. The first kappa shape index (κ1) is 21.5. The van der Waals surface area contributed by atoms with Crippen LogP contribution in [0.15, 0.2) is 28.8 Å². The molecule has 1 saturated carbocycles. The third-order valence-corrected chi connectivity index (χ3v) is 5.92. The highest BCUT2D eigenvalue weighted by Crippen LogP contribution is 2.47. The van der Waals surface area contributed by atoms with Crippen LogP contribution in [0.2, 0.25) is 0 Å². The van der Waals surface area contributed by atoms with Crippen molar-refractivity contribution in [3.05, 3.63) is 46.8 Å². The van der Waals surface area contributed by atoms with E-state index in [-0.39, 0.29) is 5.41 Å². The molecule has 1 fully saturated rings. The van der Waals surface area contributed by atoms with E-state index in [0.29, 0.717) is 6.04 Å². The van der Waals surface area contributed by atoms with E-state index >= 15 is 0 Å². The van der Waals surface area contributed by atoms with Crippen molar-refractivity contribution in [3.8, 4) is 11.8 Å². The molecule has 1 aliphatic heterocycles. The predicted molar refractivity (Wildman–Crippen MR) is 121 cm³/mol. The van der Waals surface area contributed by atoms with Crippen LogP contribution in [0.3, 0.4) is 0 Å². The molecule has 2 aliphatic rings.